The van der Waals surface area contributed by atoms with Crippen LogP contribution in [0.2, 0.25) is 0 Å². The summed E-state index contributed by atoms with van der Waals surface area (Å²) in [5, 5.41) is 9.76. The molecule has 0 aliphatic rings. The molecule has 1 aromatic heterocycles. The summed E-state index contributed by atoms with van der Waals surface area (Å²) in [5.41, 5.74) is 0.367. The summed E-state index contributed by atoms with van der Waals surface area (Å²) in [5.74, 6) is -0.225. The van der Waals surface area contributed by atoms with Crippen molar-refractivity contribution in [1.82, 2.24) is 0 Å². The highest BCUT2D eigenvalue weighted by atomic mass is 32.1. The van der Waals surface area contributed by atoms with Crippen LogP contribution in [0.1, 0.15) is 15.2 Å². The summed E-state index contributed by atoms with van der Waals surface area (Å²) in [4.78, 5) is 12.0. The molecule has 72 valence electrons. The van der Waals surface area contributed by atoms with Gasteiger partial charge in [0.25, 0.3) is 0 Å². The zero-order chi connectivity index (χ0) is 10.1. The van der Waals surface area contributed by atoms with E-state index in [9.17, 15) is 4.79 Å². The van der Waals surface area contributed by atoms with Gasteiger partial charge in [-0.3, -0.25) is 0 Å². The molecule has 2 rings (SSSR count). The van der Waals surface area contributed by atoms with Crippen LogP contribution in [-0.4, -0.2) is 11.1 Å². The number of thiophene rings is 1. The Kier molecular flexibility index (Phi) is 2.48. The molecule has 1 aromatic carbocycles. The smallest absolute Gasteiger partial charge is 0.336 e. The SMILES string of the molecule is O=C(O)c1cccc2sc(CS)cc12. The molecule has 0 aliphatic carbocycles. The van der Waals surface area contributed by atoms with Gasteiger partial charge in [-0.15, -0.1) is 11.3 Å². The number of hydrogen-bond acceptors (Lipinski definition) is 3. The molecule has 4 heteroatoms. The molecule has 2 nitrogen and oxygen atoms in total. The van der Waals surface area contributed by atoms with E-state index in [0.717, 1.165) is 15.0 Å². The van der Waals surface area contributed by atoms with Gasteiger partial charge in [0.15, 0.2) is 0 Å². The number of carboxylic acid groups (broad SMARTS) is 1. The number of carboxylic acids is 1. The normalized spacial score (nSPS) is 10.6. The van der Waals surface area contributed by atoms with Gasteiger partial charge in [-0.05, 0) is 18.2 Å². The lowest BCUT2D eigenvalue weighted by molar-refractivity contribution is 0.0699. The van der Waals surface area contributed by atoms with E-state index in [1.54, 1.807) is 23.5 Å². The molecule has 0 saturated heterocycles. The highest BCUT2D eigenvalue weighted by molar-refractivity contribution is 7.79. The van der Waals surface area contributed by atoms with Gasteiger partial charge in [0.1, 0.15) is 0 Å². The fraction of sp³-hybridized carbons (Fsp3) is 0.100. The molecule has 2 aromatic rings. The van der Waals surface area contributed by atoms with Gasteiger partial charge >= 0.3 is 5.97 Å². The lowest BCUT2D eigenvalue weighted by atomic mass is 10.1. The van der Waals surface area contributed by atoms with Crippen LogP contribution >= 0.6 is 24.0 Å². The van der Waals surface area contributed by atoms with E-state index < -0.39 is 5.97 Å². The third-order valence-corrected chi connectivity index (χ3v) is 3.65. The predicted molar refractivity (Wildman–Crippen MR) is 61.5 cm³/mol. The van der Waals surface area contributed by atoms with Gasteiger partial charge in [0.05, 0.1) is 5.56 Å². The van der Waals surface area contributed by atoms with Gasteiger partial charge in [0, 0.05) is 20.7 Å². The molecule has 0 atom stereocenters. The van der Waals surface area contributed by atoms with Gasteiger partial charge in [-0.2, -0.15) is 12.6 Å². The maximum Gasteiger partial charge on any atom is 0.336 e. The van der Waals surface area contributed by atoms with Gasteiger partial charge < -0.3 is 5.11 Å². The van der Waals surface area contributed by atoms with Crippen LogP contribution in [0.5, 0.6) is 0 Å². The second-order valence-electron chi connectivity index (χ2n) is 2.89. The monoisotopic (exact) mass is 224 g/mol. The molecule has 1 N–H and O–H groups in total. The summed E-state index contributed by atoms with van der Waals surface area (Å²) in [6.45, 7) is 0. The van der Waals surface area contributed by atoms with Crippen LogP contribution in [0.25, 0.3) is 10.1 Å². The standard InChI is InChI=1S/C10H8O2S2/c11-10(12)7-2-1-3-9-8(7)4-6(5-13)14-9/h1-4,13H,5H2,(H,11,12). The number of rotatable bonds is 2. The number of benzene rings is 1. The largest absolute Gasteiger partial charge is 0.478 e. The van der Waals surface area contributed by atoms with Crippen LogP contribution in [0.15, 0.2) is 24.3 Å². The Morgan fingerprint density at radius 2 is 2.29 bits per heavy atom. The fourth-order valence-corrected chi connectivity index (χ4v) is 2.61. The van der Waals surface area contributed by atoms with E-state index in [2.05, 4.69) is 12.6 Å². The third-order valence-electron chi connectivity index (χ3n) is 2.00. The number of carbonyl (C=O) groups is 1. The maximum absolute atomic E-state index is 10.9. The van der Waals surface area contributed by atoms with Gasteiger partial charge in [-0.25, -0.2) is 4.79 Å². The number of thiol groups is 1. The van der Waals surface area contributed by atoms with Crippen molar-refractivity contribution in [2.24, 2.45) is 0 Å². The van der Waals surface area contributed by atoms with Crippen molar-refractivity contribution in [2.45, 2.75) is 5.75 Å². The lowest BCUT2D eigenvalue weighted by Crippen LogP contribution is -1.95. The summed E-state index contributed by atoms with van der Waals surface area (Å²) in [7, 11) is 0. The Morgan fingerprint density at radius 1 is 1.50 bits per heavy atom. The van der Waals surface area contributed by atoms with E-state index in [0.29, 0.717) is 11.3 Å². The van der Waals surface area contributed by atoms with Crippen molar-refractivity contribution in [3.63, 3.8) is 0 Å². The zero-order valence-electron chi connectivity index (χ0n) is 7.23. The molecule has 0 saturated carbocycles. The average molecular weight is 224 g/mol. The molecule has 0 fully saturated rings. The first-order valence-corrected chi connectivity index (χ1v) is 5.53. The van der Waals surface area contributed by atoms with Gasteiger partial charge in [0.2, 0.25) is 0 Å². The summed E-state index contributed by atoms with van der Waals surface area (Å²) in [6.07, 6.45) is 0. The van der Waals surface area contributed by atoms with E-state index in [1.165, 1.54) is 0 Å². The zero-order valence-corrected chi connectivity index (χ0v) is 8.94. The molecule has 1 heterocycles. The predicted octanol–water partition coefficient (Wildman–Crippen LogP) is 3.03. The van der Waals surface area contributed by atoms with Crippen molar-refractivity contribution >= 4 is 40.0 Å². The van der Waals surface area contributed by atoms with Crippen LogP contribution in [0, 0.1) is 0 Å². The summed E-state index contributed by atoms with van der Waals surface area (Å²) < 4.78 is 1.01. The number of hydrogen-bond donors (Lipinski definition) is 2. The van der Waals surface area contributed by atoms with E-state index in [-0.39, 0.29) is 0 Å². The van der Waals surface area contributed by atoms with Gasteiger partial charge in [-0.1, -0.05) is 6.07 Å². The first-order chi connectivity index (χ1) is 6.72. The minimum absolute atomic E-state index is 0.367. The van der Waals surface area contributed by atoms with Crippen LogP contribution in [0.4, 0.5) is 0 Å². The second kappa shape index (κ2) is 3.63. The van der Waals surface area contributed by atoms with E-state index >= 15 is 0 Å². The highest BCUT2D eigenvalue weighted by Crippen LogP contribution is 2.29. The third kappa shape index (κ3) is 1.51. The Morgan fingerprint density at radius 3 is 2.93 bits per heavy atom. The first kappa shape index (κ1) is 9.55. The van der Waals surface area contributed by atoms with Crippen molar-refractivity contribution < 1.29 is 9.90 Å². The first-order valence-electron chi connectivity index (χ1n) is 4.08. The topological polar surface area (TPSA) is 37.3 Å². The number of aromatic carboxylic acids is 1. The molecule has 14 heavy (non-hydrogen) atoms. The van der Waals surface area contributed by atoms with E-state index in [1.807, 2.05) is 12.1 Å². The molecular weight excluding hydrogens is 216 g/mol. The second-order valence-corrected chi connectivity index (χ2v) is 4.38. The average Bonchev–Trinajstić information content (AvgIpc) is 2.59. The lowest BCUT2D eigenvalue weighted by Gasteiger charge is -1.94. The van der Waals surface area contributed by atoms with E-state index in [4.69, 9.17) is 5.11 Å². The van der Waals surface area contributed by atoms with Crippen molar-refractivity contribution in [2.75, 3.05) is 0 Å². The quantitative estimate of drug-likeness (QED) is 0.769. The summed E-state index contributed by atoms with van der Waals surface area (Å²) in [6, 6.07) is 7.22. The summed E-state index contributed by atoms with van der Waals surface area (Å²) >= 11 is 5.76. The Balaban J connectivity index is 2.73. The van der Waals surface area contributed by atoms with Crippen molar-refractivity contribution in [1.29, 1.82) is 0 Å². The number of fused-ring (bicyclic) bond motifs is 1. The molecule has 0 unspecified atom stereocenters. The minimum Gasteiger partial charge on any atom is -0.478 e. The molecule has 0 bridgehead atoms. The van der Waals surface area contributed by atoms with Crippen molar-refractivity contribution in [3.05, 3.63) is 34.7 Å². The van der Waals surface area contributed by atoms with Crippen molar-refractivity contribution in [3.8, 4) is 0 Å². The van der Waals surface area contributed by atoms with Crippen LogP contribution in [0.3, 0.4) is 0 Å². The minimum atomic E-state index is -0.876. The molecular formula is C10H8O2S2. The molecule has 0 radical (unpaired) electrons. The fourth-order valence-electron chi connectivity index (χ4n) is 1.38. The Labute approximate surface area is 90.6 Å². The van der Waals surface area contributed by atoms with Crippen LogP contribution < -0.4 is 0 Å². The highest BCUT2D eigenvalue weighted by Gasteiger charge is 2.10. The Hall–Kier alpha value is -1.00. The maximum atomic E-state index is 10.9. The molecule has 0 amide bonds. The van der Waals surface area contributed by atoms with Crippen LogP contribution in [-0.2, 0) is 5.75 Å². The molecule has 0 aliphatic heterocycles. The Bertz CT molecular complexity index is 488. The molecule has 0 spiro atoms.